The molecule has 2 aromatic rings. The van der Waals surface area contributed by atoms with Gasteiger partial charge in [0, 0.05) is 19.4 Å². The fraction of sp³-hybridized carbons (Fsp3) is 0.486. The van der Waals surface area contributed by atoms with Gasteiger partial charge in [0.05, 0.1) is 12.5 Å². The second kappa shape index (κ2) is 20.1. The van der Waals surface area contributed by atoms with E-state index < -0.39 is 90.3 Å². The number of carbonyl (C=O) groups excluding carboxylic acids is 5. The molecule has 1 aliphatic heterocycles. The quantitative estimate of drug-likeness (QED) is 0.0872. The third-order valence-corrected chi connectivity index (χ3v) is 8.90. The number of nitrogens with one attached hydrogen (secondary N) is 4. The molecular weight excluding hydrogens is 704 g/mol. The number of phenolic OH excluding ortho intramolecular Hbond substituents is 1. The summed E-state index contributed by atoms with van der Waals surface area (Å²) in [4.78, 5) is 92.6. The number of rotatable bonds is 19. The molecule has 0 bridgehead atoms. The average molecular weight is 755 g/mol. The van der Waals surface area contributed by atoms with Crippen LogP contribution < -0.4 is 27.0 Å². The molecule has 1 aliphatic rings. The molecule has 0 saturated carbocycles. The number of aliphatic hydroxyl groups excluding tert-OH is 1. The maximum atomic E-state index is 14.0. The van der Waals surface area contributed by atoms with Crippen LogP contribution in [0.5, 0.6) is 5.75 Å². The Bertz CT molecular complexity index is 1640. The van der Waals surface area contributed by atoms with Crippen LogP contribution in [0.4, 0.5) is 0 Å². The molecule has 0 radical (unpaired) electrons. The Morgan fingerprint density at radius 3 is 1.78 bits per heavy atom. The summed E-state index contributed by atoms with van der Waals surface area (Å²) < 4.78 is 0. The van der Waals surface area contributed by atoms with Crippen LogP contribution in [-0.4, -0.2) is 116 Å². The number of nitrogens with two attached hydrogens (primary N) is 1. The van der Waals surface area contributed by atoms with E-state index in [0.29, 0.717) is 17.5 Å². The summed E-state index contributed by atoms with van der Waals surface area (Å²) in [6.45, 7) is 5.04. The summed E-state index contributed by atoms with van der Waals surface area (Å²) in [6.07, 6.45) is -1.67. The normalized spacial score (nSPS) is 17.3. The Balaban J connectivity index is 1.90. The van der Waals surface area contributed by atoms with Crippen molar-refractivity contribution in [3.05, 3.63) is 65.7 Å². The molecular formula is C37H50N6O11. The molecule has 1 heterocycles. The number of aliphatic hydroxyl groups is 1. The lowest BCUT2D eigenvalue weighted by Gasteiger charge is -2.29. The summed E-state index contributed by atoms with van der Waals surface area (Å²) in [5.74, 6) is -7.16. The number of amides is 5. The van der Waals surface area contributed by atoms with E-state index in [1.54, 1.807) is 44.2 Å². The molecule has 2 aromatic carbocycles. The van der Waals surface area contributed by atoms with E-state index in [1.807, 2.05) is 0 Å². The van der Waals surface area contributed by atoms with Crippen LogP contribution in [0, 0.1) is 5.92 Å². The van der Waals surface area contributed by atoms with Crippen molar-refractivity contribution in [2.75, 3.05) is 6.54 Å². The van der Waals surface area contributed by atoms with Gasteiger partial charge in [-0.1, -0.05) is 56.3 Å². The van der Waals surface area contributed by atoms with E-state index in [4.69, 9.17) is 5.73 Å². The first-order chi connectivity index (χ1) is 25.5. The van der Waals surface area contributed by atoms with Gasteiger partial charge in [0.15, 0.2) is 0 Å². The van der Waals surface area contributed by atoms with Gasteiger partial charge in [0.25, 0.3) is 0 Å². The summed E-state index contributed by atoms with van der Waals surface area (Å²) in [5.41, 5.74) is 6.89. The zero-order valence-electron chi connectivity index (χ0n) is 30.4. The third kappa shape index (κ3) is 12.8. The molecule has 3 rings (SSSR count). The number of hydrogen-bond donors (Lipinski definition) is 9. The number of phenols is 1. The molecule has 1 saturated heterocycles. The number of carbonyl (C=O) groups is 7. The van der Waals surface area contributed by atoms with Crippen LogP contribution in [0.25, 0.3) is 0 Å². The lowest BCUT2D eigenvalue weighted by molar-refractivity contribution is -0.144. The number of aliphatic carboxylic acids is 2. The van der Waals surface area contributed by atoms with E-state index in [1.165, 1.54) is 31.2 Å². The van der Waals surface area contributed by atoms with Crippen LogP contribution >= 0.6 is 0 Å². The second-order valence-electron chi connectivity index (χ2n) is 13.8. The molecule has 0 aromatic heterocycles. The largest absolute Gasteiger partial charge is 0.508 e. The van der Waals surface area contributed by atoms with Crippen molar-refractivity contribution in [2.45, 2.75) is 102 Å². The molecule has 54 heavy (non-hydrogen) atoms. The van der Waals surface area contributed by atoms with Crippen molar-refractivity contribution in [3.8, 4) is 5.75 Å². The predicted octanol–water partition coefficient (Wildman–Crippen LogP) is -0.579. The number of benzene rings is 2. The zero-order valence-corrected chi connectivity index (χ0v) is 30.4. The lowest BCUT2D eigenvalue weighted by Crippen LogP contribution is -2.60. The molecule has 294 valence electrons. The summed E-state index contributed by atoms with van der Waals surface area (Å²) >= 11 is 0. The van der Waals surface area contributed by atoms with Crippen molar-refractivity contribution in [1.29, 1.82) is 0 Å². The average Bonchev–Trinajstić information content (AvgIpc) is 3.61. The second-order valence-corrected chi connectivity index (χ2v) is 13.8. The zero-order chi connectivity index (χ0) is 40.1. The van der Waals surface area contributed by atoms with Crippen LogP contribution in [0.3, 0.4) is 0 Å². The minimum atomic E-state index is -1.72. The standard InChI is InChI=1S/C37H50N6O11/c1-20(2)16-28(37(53)54)42-33(49)25(17-22-8-5-4-6-9-22)39-32(48)26(18-23-11-13-24(45)14-12-23)40-34(50)27(19-30(46)47)41-35(51)29-10-7-15-43(29)36(52)31(38)21(3)44/h4-6,8-9,11-14,20-21,25-29,31,44-45H,7,10,15-19,38H2,1-3H3,(H,39,48)(H,40,50)(H,41,51)(H,42,49)(H,46,47)(H,53,54)/t21-,25+,26+,27+,28+,29+,31+/m1/s1. The van der Waals surface area contributed by atoms with Crippen molar-refractivity contribution < 1.29 is 54.0 Å². The van der Waals surface area contributed by atoms with Gasteiger partial charge >= 0.3 is 11.9 Å². The van der Waals surface area contributed by atoms with Gasteiger partial charge in [-0.3, -0.25) is 28.8 Å². The van der Waals surface area contributed by atoms with Crippen LogP contribution in [-0.2, 0) is 46.4 Å². The summed E-state index contributed by atoms with van der Waals surface area (Å²) in [6, 6.07) is 6.10. The highest BCUT2D eigenvalue weighted by Crippen LogP contribution is 2.20. The Hall–Kier alpha value is -5.55. The number of nitrogens with zero attached hydrogens (tertiary/aromatic N) is 1. The van der Waals surface area contributed by atoms with Crippen molar-refractivity contribution in [1.82, 2.24) is 26.2 Å². The van der Waals surface area contributed by atoms with Gasteiger partial charge in [-0.2, -0.15) is 0 Å². The van der Waals surface area contributed by atoms with Gasteiger partial charge in [-0.15, -0.1) is 0 Å². The van der Waals surface area contributed by atoms with Crippen LogP contribution in [0.15, 0.2) is 54.6 Å². The number of carboxylic acids is 2. The van der Waals surface area contributed by atoms with Gasteiger partial charge in [0.2, 0.25) is 29.5 Å². The van der Waals surface area contributed by atoms with Gasteiger partial charge < -0.3 is 52.3 Å². The SMILES string of the molecule is CC(C)C[C@H](NC(=O)[C@H](Cc1ccccc1)NC(=O)[C@H](Cc1ccc(O)cc1)NC(=O)[C@H](CC(=O)O)NC(=O)[C@@H]1CCCN1C(=O)[C@@H](N)[C@@H](C)O)C(=O)O. The minimum absolute atomic E-state index is 0.0562. The Kier molecular flexibility index (Phi) is 15.9. The summed E-state index contributed by atoms with van der Waals surface area (Å²) in [7, 11) is 0. The van der Waals surface area contributed by atoms with Crippen molar-refractivity contribution >= 4 is 41.5 Å². The fourth-order valence-electron chi connectivity index (χ4n) is 6.00. The first-order valence-electron chi connectivity index (χ1n) is 17.7. The maximum absolute atomic E-state index is 14.0. The Labute approximate surface area is 312 Å². The maximum Gasteiger partial charge on any atom is 0.326 e. The minimum Gasteiger partial charge on any atom is -0.508 e. The number of hydrogen-bond acceptors (Lipinski definition) is 10. The van der Waals surface area contributed by atoms with E-state index in [2.05, 4.69) is 21.3 Å². The first-order valence-corrected chi connectivity index (χ1v) is 17.7. The number of aromatic hydroxyl groups is 1. The smallest absolute Gasteiger partial charge is 0.326 e. The molecule has 17 nitrogen and oxygen atoms in total. The van der Waals surface area contributed by atoms with E-state index in [-0.39, 0.29) is 43.9 Å². The molecule has 10 N–H and O–H groups in total. The molecule has 1 fully saturated rings. The Morgan fingerprint density at radius 2 is 1.28 bits per heavy atom. The predicted molar refractivity (Wildman–Crippen MR) is 193 cm³/mol. The molecule has 0 unspecified atom stereocenters. The molecule has 0 aliphatic carbocycles. The topological polar surface area (TPSA) is 278 Å². The number of carboxylic acid groups (broad SMARTS) is 2. The molecule has 7 atom stereocenters. The van der Waals surface area contributed by atoms with Crippen LogP contribution in [0.2, 0.25) is 0 Å². The fourth-order valence-corrected chi connectivity index (χ4v) is 6.00. The lowest BCUT2D eigenvalue weighted by atomic mass is 10.0. The van der Waals surface area contributed by atoms with E-state index in [9.17, 15) is 54.0 Å². The highest BCUT2D eigenvalue weighted by atomic mass is 16.4. The number of likely N-dealkylation sites (tertiary alicyclic amines) is 1. The molecule has 0 spiro atoms. The third-order valence-electron chi connectivity index (χ3n) is 8.90. The molecule has 5 amide bonds. The van der Waals surface area contributed by atoms with Gasteiger partial charge in [-0.05, 0) is 55.4 Å². The molecule has 17 heteroatoms. The highest BCUT2D eigenvalue weighted by molar-refractivity contribution is 5.97. The summed E-state index contributed by atoms with van der Waals surface area (Å²) in [5, 5.41) is 49.0. The Morgan fingerprint density at radius 1 is 0.759 bits per heavy atom. The highest BCUT2D eigenvalue weighted by Gasteiger charge is 2.39. The van der Waals surface area contributed by atoms with E-state index in [0.717, 1.165) is 4.90 Å². The van der Waals surface area contributed by atoms with Gasteiger partial charge in [0.1, 0.15) is 42.0 Å². The van der Waals surface area contributed by atoms with Crippen molar-refractivity contribution in [2.24, 2.45) is 11.7 Å². The van der Waals surface area contributed by atoms with Crippen LogP contribution in [0.1, 0.15) is 57.6 Å². The first kappa shape index (κ1) is 42.9. The van der Waals surface area contributed by atoms with E-state index >= 15 is 0 Å². The monoisotopic (exact) mass is 754 g/mol. The van der Waals surface area contributed by atoms with Gasteiger partial charge in [-0.25, -0.2) is 4.79 Å². The van der Waals surface area contributed by atoms with Crippen molar-refractivity contribution in [3.63, 3.8) is 0 Å².